The molecular formula is C12H14O2. The minimum atomic E-state index is 0.673. The zero-order chi connectivity index (χ0) is 9.54. The van der Waals surface area contributed by atoms with Crippen molar-refractivity contribution in [2.45, 2.75) is 19.3 Å². The lowest BCUT2D eigenvalue weighted by molar-refractivity contribution is 0.171. The van der Waals surface area contributed by atoms with Crippen molar-refractivity contribution in [3.8, 4) is 11.5 Å². The van der Waals surface area contributed by atoms with Gasteiger partial charge in [-0.3, -0.25) is 0 Å². The van der Waals surface area contributed by atoms with Crippen molar-refractivity contribution >= 4 is 0 Å². The van der Waals surface area contributed by atoms with E-state index in [1.807, 2.05) is 6.07 Å². The molecule has 2 aliphatic rings. The third-order valence-corrected chi connectivity index (χ3v) is 3.10. The molecule has 1 aliphatic carbocycles. The molecule has 3 rings (SSSR count). The maximum atomic E-state index is 5.55. The third-order valence-electron chi connectivity index (χ3n) is 3.10. The fourth-order valence-electron chi connectivity index (χ4n) is 2.08. The Morgan fingerprint density at radius 3 is 2.57 bits per heavy atom. The van der Waals surface area contributed by atoms with E-state index in [0.29, 0.717) is 13.2 Å². The van der Waals surface area contributed by atoms with E-state index in [9.17, 15) is 0 Å². The smallest absolute Gasteiger partial charge is 0.161 e. The van der Waals surface area contributed by atoms with E-state index >= 15 is 0 Å². The summed E-state index contributed by atoms with van der Waals surface area (Å²) in [6.07, 6.45) is 1.32. The molecule has 0 aromatic heterocycles. The molecule has 0 amide bonds. The molecule has 1 saturated carbocycles. The summed E-state index contributed by atoms with van der Waals surface area (Å²) in [6.45, 7) is 3.64. The molecule has 1 fully saturated rings. The minimum absolute atomic E-state index is 0.673. The first-order chi connectivity index (χ1) is 6.84. The Kier molecular flexibility index (Phi) is 1.69. The van der Waals surface area contributed by atoms with Gasteiger partial charge in [0, 0.05) is 0 Å². The average Bonchev–Trinajstić information content (AvgIpc) is 2.95. The number of ether oxygens (including phenoxy) is 2. The highest BCUT2D eigenvalue weighted by Gasteiger charge is 2.34. The van der Waals surface area contributed by atoms with Gasteiger partial charge >= 0.3 is 0 Å². The van der Waals surface area contributed by atoms with Gasteiger partial charge in [0.2, 0.25) is 0 Å². The van der Waals surface area contributed by atoms with Crippen molar-refractivity contribution in [1.82, 2.24) is 0 Å². The summed E-state index contributed by atoms with van der Waals surface area (Å²) in [5.41, 5.74) is 1.40. The molecule has 1 aromatic carbocycles. The number of benzene rings is 1. The summed E-state index contributed by atoms with van der Waals surface area (Å²) in [7, 11) is 0. The van der Waals surface area contributed by atoms with Gasteiger partial charge in [0.1, 0.15) is 13.2 Å². The second kappa shape index (κ2) is 2.91. The van der Waals surface area contributed by atoms with Crippen LogP contribution in [0.4, 0.5) is 0 Å². The van der Waals surface area contributed by atoms with Crippen LogP contribution in [-0.2, 0) is 0 Å². The van der Waals surface area contributed by atoms with Crippen LogP contribution in [0.2, 0.25) is 0 Å². The molecule has 2 atom stereocenters. The van der Waals surface area contributed by atoms with Gasteiger partial charge in [-0.25, -0.2) is 0 Å². The zero-order valence-electron chi connectivity index (χ0n) is 8.32. The maximum Gasteiger partial charge on any atom is 0.161 e. The molecule has 0 saturated heterocycles. The van der Waals surface area contributed by atoms with Crippen LogP contribution < -0.4 is 9.47 Å². The lowest BCUT2D eigenvalue weighted by atomic mass is 10.1. The molecule has 2 unspecified atom stereocenters. The molecule has 0 bridgehead atoms. The second-order valence-corrected chi connectivity index (χ2v) is 4.22. The van der Waals surface area contributed by atoms with Gasteiger partial charge in [0.25, 0.3) is 0 Å². The molecule has 14 heavy (non-hydrogen) atoms. The molecule has 74 valence electrons. The largest absolute Gasteiger partial charge is 0.486 e. The standard InChI is InChI=1S/C12H14O2/c1-8-6-10(8)9-2-3-11-12(7-9)14-5-4-13-11/h2-3,7-8,10H,4-6H2,1H3. The molecular weight excluding hydrogens is 176 g/mol. The quantitative estimate of drug-likeness (QED) is 0.677. The maximum absolute atomic E-state index is 5.55. The van der Waals surface area contributed by atoms with Crippen LogP contribution in [0.1, 0.15) is 24.8 Å². The van der Waals surface area contributed by atoms with Gasteiger partial charge in [-0.2, -0.15) is 0 Å². The third kappa shape index (κ3) is 1.26. The van der Waals surface area contributed by atoms with Gasteiger partial charge in [0.05, 0.1) is 0 Å². The monoisotopic (exact) mass is 190 g/mol. The van der Waals surface area contributed by atoms with E-state index in [-0.39, 0.29) is 0 Å². The minimum Gasteiger partial charge on any atom is -0.486 e. The number of hydrogen-bond acceptors (Lipinski definition) is 2. The van der Waals surface area contributed by atoms with Crippen molar-refractivity contribution in [2.24, 2.45) is 5.92 Å². The fourth-order valence-corrected chi connectivity index (χ4v) is 2.08. The van der Waals surface area contributed by atoms with Crippen molar-refractivity contribution in [2.75, 3.05) is 13.2 Å². The molecule has 0 radical (unpaired) electrons. The SMILES string of the molecule is CC1CC1c1ccc2c(c1)OCCO2. The summed E-state index contributed by atoms with van der Waals surface area (Å²) in [6, 6.07) is 6.35. The highest BCUT2D eigenvalue weighted by Crippen LogP contribution is 2.48. The van der Waals surface area contributed by atoms with E-state index < -0.39 is 0 Å². The van der Waals surface area contributed by atoms with E-state index in [2.05, 4.69) is 19.1 Å². The number of hydrogen-bond donors (Lipinski definition) is 0. The summed E-state index contributed by atoms with van der Waals surface area (Å²) in [5.74, 6) is 3.42. The first-order valence-corrected chi connectivity index (χ1v) is 5.24. The average molecular weight is 190 g/mol. The summed E-state index contributed by atoms with van der Waals surface area (Å²) < 4.78 is 11.0. The molecule has 2 heteroatoms. The molecule has 0 N–H and O–H groups in total. The van der Waals surface area contributed by atoms with Crippen molar-refractivity contribution in [1.29, 1.82) is 0 Å². The van der Waals surface area contributed by atoms with Crippen LogP contribution in [0.25, 0.3) is 0 Å². The van der Waals surface area contributed by atoms with E-state index in [4.69, 9.17) is 9.47 Å². The zero-order valence-corrected chi connectivity index (χ0v) is 8.32. The van der Waals surface area contributed by atoms with Crippen LogP contribution in [-0.4, -0.2) is 13.2 Å². The Bertz CT molecular complexity index is 359. The molecule has 1 aromatic rings. The normalized spacial score (nSPS) is 28.6. The Labute approximate surface area is 83.8 Å². The summed E-state index contributed by atoms with van der Waals surface area (Å²) >= 11 is 0. The van der Waals surface area contributed by atoms with Crippen molar-refractivity contribution in [3.05, 3.63) is 23.8 Å². The van der Waals surface area contributed by atoms with E-state index in [0.717, 1.165) is 23.3 Å². The Hall–Kier alpha value is -1.18. The first kappa shape index (κ1) is 8.16. The van der Waals surface area contributed by atoms with E-state index in [1.54, 1.807) is 0 Å². The predicted octanol–water partition coefficient (Wildman–Crippen LogP) is 2.58. The molecule has 2 nitrogen and oxygen atoms in total. The van der Waals surface area contributed by atoms with Crippen LogP contribution >= 0.6 is 0 Å². The lowest BCUT2D eigenvalue weighted by Crippen LogP contribution is -2.15. The lowest BCUT2D eigenvalue weighted by Gasteiger charge is -2.18. The van der Waals surface area contributed by atoms with Crippen LogP contribution in [0.5, 0.6) is 11.5 Å². The Morgan fingerprint density at radius 2 is 1.86 bits per heavy atom. The van der Waals surface area contributed by atoms with Crippen molar-refractivity contribution < 1.29 is 9.47 Å². The Balaban J connectivity index is 1.93. The molecule has 0 spiro atoms. The van der Waals surface area contributed by atoms with Crippen molar-refractivity contribution in [3.63, 3.8) is 0 Å². The second-order valence-electron chi connectivity index (χ2n) is 4.22. The predicted molar refractivity (Wildman–Crippen MR) is 54.0 cm³/mol. The van der Waals surface area contributed by atoms with Crippen LogP contribution in [0.3, 0.4) is 0 Å². The summed E-state index contributed by atoms with van der Waals surface area (Å²) in [4.78, 5) is 0. The fraction of sp³-hybridized carbons (Fsp3) is 0.500. The number of rotatable bonds is 1. The highest BCUT2D eigenvalue weighted by atomic mass is 16.6. The molecule has 1 heterocycles. The Morgan fingerprint density at radius 1 is 1.14 bits per heavy atom. The summed E-state index contributed by atoms with van der Waals surface area (Å²) in [5, 5.41) is 0. The van der Waals surface area contributed by atoms with Gasteiger partial charge in [-0.15, -0.1) is 0 Å². The molecule has 1 aliphatic heterocycles. The van der Waals surface area contributed by atoms with Crippen LogP contribution in [0.15, 0.2) is 18.2 Å². The number of fused-ring (bicyclic) bond motifs is 1. The van der Waals surface area contributed by atoms with Crippen LogP contribution in [0, 0.1) is 5.92 Å². The topological polar surface area (TPSA) is 18.5 Å². The van der Waals surface area contributed by atoms with Gasteiger partial charge in [0.15, 0.2) is 11.5 Å². The van der Waals surface area contributed by atoms with Gasteiger partial charge < -0.3 is 9.47 Å². The first-order valence-electron chi connectivity index (χ1n) is 5.24. The van der Waals surface area contributed by atoms with E-state index in [1.165, 1.54) is 12.0 Å². The highest BCUT2D eigenvalue weighted by molar-refractivity contribution is 5.45. The van der Waals surface area contributed by atoms with Gasteiger partial charge in [-0.05, 0) is 36.0 Å². The van der Waals surface area contributed by atoms with Gasteiger partial charge in [-0.1, -0.05) is 13.0 Å².